The van der Waals surface area contributed by atoms with Crippen LogP contribution < -0.4 is 11.3 Å². The molecule has 0 aromatic carbocycles. The van der Waals surface area contributed by atoms with Crippen LogP contribution in [0.4, 0.5) is 5.82 Å². The highest BCUT2D eigenvalue weighted by atomic mass is 32.2. The van der Waals surface area contributed by atoms with Crippen molar-refractivity contribution in [1.82, 2.24) is 24.5 Å². The number of allylic oxidation sites excluding steroid dienone is 1. The van der Waals surface area contributed by atoms with Crippen LogP contribution in [0, 0.1) is 5.92 Å². The number of nitrogens with two attached hydrogens (primary N) is 1. The van der Waals surface area contributed by atoms with Gasteiger partial charge in [0.15, 0.2) is 15.7 Å². The summed E-state index contributed by atoms with van der Waals surface area (Å²) in [4.78, 5) is 13.1. The molecule has 0 radical (unpaired) electrons. The molecule has 3 N–H and O–H groups in total. The average molecular weight is 459 g/mol. The molecule has 3 aromatic heterocycles. The minimum absolute atomic E-state index is 0.0573. The molecule has 1 fully saturated rings. The minimum Gasteiger partial charge on any atom is -0.382 e. The zero-order valence-electron chi connectivity index (χ0n) is 18.8. The molecule has 172 valence electrons. The number of rotatable bonds is 9. The van der Waals surface area contributed by atoms with Gasteiger partial charge in [-0.2, -0.15) is 10.2 Å². The first-order valence-corrected chi connectivity index (χ1v) is 12.8. The number of aromatic nitrogens is 5. The normalized spacial score (nSPS) is 15.3. The number of fused-ring (bicyclic) bond motifs is 1. The van der Waals surface area contributed by atoms with E-state index in [0.717, 1.165) is 24.1 Å². The summed E-state index contributed by atoms with van der Waals surface area (Å²) in [6.07, 6.45) is 4.98. The van der Waals surface area contributed by atoms with Crippen LogP contribution in [-0.2, 0) is 16.9 Å². The van der Waals surface area contributed by atoms with Crippen molar-refractivity contribution in [2.75, 3.05) is 17.2 Å². The van der Waals surface area contributed by atoms with Crippen molar-refractivity contribution in [3.05, 3.63) is 34.9 Å². The van der Waals surface area contributed by atoms with E-state index < -0.39 is 9.84 Å². The Morgan fingerprint density at radius 2 is 2.09 bits per heavy atom. The first-order chi connectivity index (χ1) is 15.1. The van der Waals surface area contributed by atoms with Gasteiger partial charge in [-0.1, -0.05) is 13.5 Å². The van der Waals surface area contributed by atoms with Crippen molar-refractivity contribution < 1.29 is 8.42 Å². The molecular weight excluding hydrogens is 428 g/mol. The van der Waals surface area contributed by atoms with Gasteiger partial charge in [0, 0.05) is 30.6 Å². The zero-order valence-corrected chi connectivity index (χ0v) is 19.6. The van der Waals surface area contributed by atoms with Gasteiger partial charge in [0.1, 0.15) is 5.39 Å². The van der Waals surface area contributed by atoms with Crippen molar-refractivity contribution in [2.45, 2.75) is 45.6 Å². The second-order valence-corrected chi connectivity index (χ2v) is 11.0. The van der Waals surface area contributed by atoms with Crippen molar-refractivity contribution in [1.29, 1.82) is 0 Å². The number of hydrogen-bond acceptors (Lipinski definition) is 6. The smallest absolute Gasteiger partial charge is 0.264 e. The van der Waals surface area contributed by atoms with Gasteiger partial charge in [-0.3, -0.25) is 14.6 Å². The van der Waals surface area contributed by atoms with Crippen LogP contribution in [0.15, 0.2) is 23.6 Å². The predicted octanol–water partition coefficient (Wildman–Crippen LogP) is 2.91. The van der Waals surface area contributed by atoms with Crippen molar-refractivity contribution >= 4 is 32.1 Å². The lowest BCUT2D eigenvalue weighted by Gasteiger charge is -2.16. The Hall–Kier alpha value is -2.88. The number of hydrogen-bond donors (Lipinski definition) is 2. The standard InChI is InChI=1S/C22H30N6O3S/c1-5-9-32(30,31)10-8-13(2)18-11-17(26-27(18)4)16-12-28(14(3)15-6-7-15)22(29)19-20(16)24-25-21(19)23/h11-12,14-15H,2,5-10H2,1,3-4H3,(H3,23,24,25)/t14-/m0/s1. The number of pyridine rings is 1. The number of nitrogens with zero attached hydrogens (tertiary/aromatic N) is 4. The number of aromatic amines is 1. The molecule has 3 aromatic rings. The van der Waals surface area contributed by atoms with Gasteiger partial charge >= 0.3 is 0 Å². The van der Waals surface area contributed by atoms with Crippen molar-refractivity contribution in [3.63, 3.8) is 0 Å². The fourth-order valence-corrected chi connectivity index (χ4v) is 5.59. The first-order valence-electron chi connectivity index (χ1n) is 10.9. The largest absolute Gasteiger partial charge is 0.382 e. The zero-order chi connectivity index (χ0) is 23.2. The Balaban J connectivity index is 1.73. The third-order valence-electron chi connectivity index (χ3n) is 6.27. The number of nitrogens with one attached hydrogen (secondary N) is 1. The van der Waals surface area contributed by atoms with Gasteiger partial charge in [0.05, 0.1) is 22.7 Å². The monoisotopic (exact) mass is 458 g/mol. The maximum Gasteiger partial charge on any atom is 0.264 e. The Kier molecular flexibility index (Phi) is 5.74. The number of aryl methyl sites for hydroxylation is 1. The van der Waals surface area contributed by atoms with E-state index in [9.17, 15) is 13.2 Å². The lowest BCUT2D eigenvalue weighted by atomic mass is 10.1. The summed E-state index contributed by atoms with van der Waals surface area (Å²) in [5.41, 5.74) is 9.23. The summed E-state index contributed by atoms with van der Waals surface area (Å²) in [6.45, 7) is 8.00. The van der Waals surface area contributed by atoms with Gasteiger partial charge in [0.25, 0.3) is 5.56 Å². The van der Waals surface area contributed by atoms with E-state index in [2.05, 4.69) is 21.9 Å². The second kappa shape index (κ2) is 8.23. The molecule has 0 spiro atoms. The molecule has 1 aliphatic carbocycles. The van der Waals surface area contributed by atoms with Gasteiger partial charge in [-0.05, 0) is 50.2 Å². The number of nitrogen functional groups attached to an aromatic ring is 1. The number of sulfone groups is 1. The molecule has 0 unspecified atom stereocenters. The molecule has 1 atom stereocenters. The third-order valence-corrected chi connectivity index (χ3v) is 8.13. The molecule has 9 nitrogen and oxygen atoms in total. The minimum atomic E-state index is -3.10. The molecule has 32 heavy (non-hydrogen) atoms. The SMILES string of the molecule is C=C(CCS(=O)(=O)CCC)c1cc(-c2cn([C@@H](C)C3CC3)c(=O)c3c(N)n[nH]c23)nn1C. The van der Waals surface area contributed by atoms with Gasteiger partial charge in [-0.25, -0.2) is 8.42 Å². The molecule has 1 aliphatic rings. The van der Waals surface area contributed by atoms with Gasteiger partial charge in [-0.15, -0.1) is 0 Å². The van der Waals surface area contributed by atoms with Gasteiger partial charge < -0.3 is 10.3 Å². The molecule has 0 saturated heterocycles. The van der Waals surface area contributed by atoms with Crippen LogP contribution >= 0.6 is 0 Å². The Morgan fingerprint density at radius 1 is 1.38 bits per heavy atom. The molecule has 1 saturated carbocycles. The highest BCUT2D eigenvalue weighted by Crippen LogP contribution is 2.40. The topological polar surface area (TPSA) is 129 Å². The summed E-state index contributed by atoms with van der Waals surface area (Å²) >= 11 is 0. The van der Waals surface area contributed by atoms with Gasteiger partial charge in [0.2, 0.25) is 0 Å². The Morgan fingerprint density at radius 3 is 2.75 bits per heavy atom. The maximum atomic E-state index is 13.1. The van der Waals surface area contributed by atoms with Crippen LogP contribution in [0.2, 0.25) is 0 Å². The van der Waals surface area contributed by atoms with Crippen molar-refractivity contribution in [2.24, 2.45) is 13.0 Å². The van der Waals surface area contributed by atoms with Crippen LogP contribution in [0.5, 0.6) is 0 Å². The van der Waals surface area contributed by atoms with Crippen LogP contribution in [0.1, 0.15) is 51.3 Å². The summed E-state index contributed by atoms with van der Waals surface area (Å²) < 4.78 is 27.6. The summed E-state index contributed by atoms with van der Waals surface area (Å²) in [6, 6.07) is 1.93. The molecule has 3 heterocycles. The molecule has 10 heteroatoms. The van der Waals surface area contributed by atoms with E-state index in [1.165, 1.54) is 0 Å². The average Bonchev–Trinajstić information content (AvgIpc) is 3.41. The first kappa shape index (κ1) is 22.3. The Bertz CT molecular complexity index is 1340. The van der Waals surface area contributed by atoms with Crippen molar-refractivity contribution in [3.8, 4) is 11.3 Å². The fourth-order valence-electron chi connectivity index (χ4n) is 4.21. The molecular formula is C22H30N6O3S. The number of H-pyrrole nitrogens is 1. The highest BCUT2D eigenvalue weighted by molar-refractivity contribution is 7.91. The third kappa shape index (κ3) is 4.11. The Labute approximate surface area is 187 Å². The summed E-state index contributed by atoms with van der Waals surface area (Å²) in [7, 11) is -1.30. The fraction of sp³-hybridized carbons (Fsp3) is 0.500. The van der Waals surface area contributed by atoms with Crippen LogP contribution in [0.3, 0.4) is 0 Å². The molecule has 0 amide bonds. The lowest BCUT2D eigenvalue weighted by molar-refractivity contribution is 0.474. The second-order valence-electron chi connectivity index (χ2n) is 8.74. The molecule has 0 aliphatic heterocycles. The van der Waals surface area contributed by atoms with E-state index in [4.69, 9.17) is 5.73 Å². The molecule has 4 rings (SSSR count). The quantitative estimate of drug-likeness (QED) is 0.507. The maximum absolute atomic E-state index is 13.1. The summed E-state index contributed by atoms with van der Waals surface area (Å²) in [5, 5.41) is 11.9. The van der Waals surface area contributed by atoms with E-state index in [0.29, 0.717) is 40.9 Å². The van der Waals surface area contributed by atoms with E-state index in [-0.39, 0.29) is 28.9 Å². The van der Waals surface area contributed by atoms with E-state index >= 15 is 0 Å². The van der Waals surface area contributed by atoms with E-state index in [1.807, 2.05) is 26.1 Å². The van der Waals surface area contributed by atoms with Crippen LogP contribution in [0.25, 0.3) is 27.7 Å². The number of anilines is 1. The summed E-state index contributed by atoms with van der Waals surface area (Å²) in [5.74, 6) is 0.892. The lowest BCUT2D eigenvalue weighted by Crippen LogP contribution is -2.24. The van der Waals surface area contributed by atoms with Crippen LogP contribution in [-0.4, -0.2) is 44.5 Å². The van der Waals surface area contributed by atoms with E-state index in [1.54, 1.807) is 16.3 Å². The highest BCUT2D eigenvalue weighted by Gasteiger charge is 2.31. The molecule has 0 bridgehead atoms. The predicted molar refractivity (Wildman–Crippen MR) is 127 cm³/mol.